The van der Waals surface area contributed by atoms with Gasteiger partial charge < -0.3 is 15.1 Å². The van der Waals surface area contributed by atoms with E-state index < -0.39 is 0 Å². The van der Waals surface area contributed by atoms with E-state index in [0.29, 0.717) is 13.1 Å². The van der Waals surface area contributed by atoms with Gasteiger partial charge in [-0.15, -0.1) is 0 Å². The number of piperidine rings is 1. The molecule has 3 amide bonds. The van der Waals surface area contributed by atoms with E-state index in [1.165, 1.54) is 5.56 Å². The van der Waals surface area contributed by atoms with E-state index in [1.807, 2.05) is 54.3 Å². The van der Waals surface area contributed by atoms with Gasteiger partial charge in [0.1, 0.15) is 0 Å². The fraction of sp³-hybridized carbons (Fsp3) is 0.440. The molecule has 1 N–H and O–H groups in total. The lowest BCUT2D eigenvalue weighted by Gasteiger charge is -2.36. The third-order valence-corrected chi connectivity index (χ3v) is 6.85. The summed E-state index contributed by atoms with van der Waals surface area (Å²) in [7, 11) is 0. The molecule has 0 aromatic heterocycles. The second-order valence-corrected chi connectivity index (χ2v) is 9.21. The minimum absolute atomic E-state index is 0.0823. The largest absolute Gasteiger partial charge is 0.324 e. The van der Waals surface area contributed by atoms with E-state index in [1.54, 1.807) is 4.90 Å². The highest BCUT2D eigenvalue weighted by Gasteiger charge is 2.46. The molecule has 2 atom stereocenters. The Kier molecular flexibility index (Phi) is 5.31. The Bertz CT molecular complexity index is 968. The number of hydrogen-bond acceptors (Lipinski definition) is 2. The van der Waals surface area contributed by atoms with Gasteiger partial charge in [-0.05, 0) is 56.0 Å². The summed E-state index contributed by atoms with van der Waals surface area (Å²) in [5, 5.41) is 2.98. The quantitative estimate of drug-likeness (QED) is 0.768. The highest BCUT2D eigenvalue weighted by atomic mass is 16.2. The van der Waals surface area contributed by atoms with Crippen molar-refractivity contribution in [1.29, 1.82) is 0 Å². The van der Waals surface area contributed by atoms with Crippen molar-refractivity contribution in [3.05, 3.63) is 59.7 Å². The average molecular weight is 406 g/mol. The van der Waals surface area contributed by atoms with Crippen LogP contribution in [0.15, 0.2) is 48.5 Å². The number of urea groups is 1. The Morgan fingerprint density at radius 1 is 1.10 bits per heavy atom. The van der Waals surface area contributed by atoms with Gasteiger partial charge in [0.15, 0.2) is 0 Å². The highest BCUT2D eigenvalue weighted by molar-refractivity contribution is 5.99. The van der Waals surface area contributed by atoms with Crippen LogP contribution in [0.1, 0.15) is 44.7 Å². The smallest absolute Gasteiger partial charge is 0.321 e. The standard InChI is InChI=1S/C25H31N3O2/c1-17-9-7-11-20(15-17)26-24(30)27-14-8-10-19(16-27)23(29)28-18(2)25(3,4)21-12-5-6-13-22(21)28/h5-7,9,11-13,15,18-19H,8,10,14,16H2,1-4H3,(H,26,30). The number of anilines is 2. The predicted octanol–water partition coefficient (Wildman–Crippen LogP) is 4.95. The zero-order valence-corrected chi connectivity index (χ0v) is 18.3. The molecule has 1 fully saturated rings. The van der Waals surface area contributed by atoms with E-state index in [0.717, 1.165) is 29.8 Å². The van der Waals surface area contributed by atoms with Gasteiger partial charge in [0.2, 0.25) is 5.91 Å². The Balaban J connectivity index is 1.49. The maximum Gasteiger partial charge on any atom is 0.321 e. The van der Waals surface area contributed by atoms with Crippen molar-refractivity contribution in [3.8, 4) is 0 Å². The van der Waals surface area contributed by atoms with Gasteiger partial charge >= 0.3 is 6.03 Å². The molecule has 0 aliphatic carbocycles. The third-order valence-electron chi connectivity index (χ3n) is 6.85. The van der Waals surface area contributed by atoms with Crippen LogP contribution in [0, 0.1) is 12.8 Å². The molecule has 1 saturated heterocycles. The summed E-state index contributed by atoms with van der Waals surface area (Å²) in [4.78, 5) is 30.2. The van der Waals surface area contributed by atoms with E-state index in [-0.39, 0.29) is 29.3 Å². The van der Waals surface area contributed by atoms with Crippen molar-refractivity contribution < 1.29 is 9.59 Å². The van der Waals surface area contributed by atoms with Crippen molar-refractivity contribution in [3.63, 3.8) is 0 Å². The van der Waals surface area contributed by atoms with Gasteiger partial charge in [-0.25, -0.2) is 4.79 Å². The minimum atomic E-state index is -0.175. The molecule has 2 unspecified atom stereocenters. The molecule has 0 bridgehead atoms. The number of rotatable bonds is 2. The summed E-state index contributed by atoms with van der Waals surface area (Å²) < 4.78 is 0. The number of aryl methyl sites for hydroxylation is 1. The van der Waals surface area contributed by atoms with Gasteiger partial charge in [-0.3, -0.25) is 4.79 Å². The molecule has 2 heterocycles. The molecule has 5 nitrogen and oxygen atoms in total. The summed E-state index contributed by atoms with van der Waals surface area (Å²) in [6.45, 7) is 9.67. The van der Waals surface area contributed by atoms with Gasteiger partial charge in [-0.2, -0.15) is 0 Å². The van der Waals surface area contributed by atoms with Crippen LogP contribution in [-0.4, -0.2) is 36.0 Å². The third kappa shape index (κ3) is 3.57. The van der Waals surface area contributed by atoms with Gasteiger partial charge in [0, 0.05) is 35.9 Å². The Morgan fingerprint density at radius 2 is 1.87 bits per heavy atom. The Hall–Kier alpha value is -2.82. The molecule has 0 radical (unpaired) electrons. The maximum absolute atomic E-state index is 13.6. The highest BCUT2D eigenvalue weighted by Crippen LogP contribution is 2.45. The molecule has 2 aromatic rings. The van der Waals surface area contributed by atoms with Crippen molar-refractivity contribution in [2.45, 2.75) is 52.0 Å². The lowest BCUT2D eigenvalue weighted by Crippen LogP contribution is -2.51. The normalized spacial score (nSPS) is 22.5. The minimum Gasteiger partial charge on any atom is -0.324 e. The monoisotopic (exact) mass is 405 g/mol. The second-order valence-electron chi connectivity index (χ2n) is 9.21. The van der Waals surface area contributed by atoms with Crippen LogP contribution in [-0.2, 0) is 10.2 Å². The van der Waals surface area contributed by atoms with E-state index in [2.05, 4.69) is 32.2 Å². The lowest BCUT2D eigenvalue weighted by atomic mass is 9.81. The molecule has 2 aliphatic heterocycles. The van der Waals surface area contributed by atoms with E-state index in [4.69, 9.17) is 0 Å². The molecule has 5 heteroatoms. The zero-order valence-electron chi connectivity index (χ0n) is 18.3. The van der Waals surface area contributed by atoms with Crippen LogP contribution < -0.4 is 10.2 Å². The fourth-order valence-corrected chi connectivity index (χ4v) is 4.78. The van der Waals surface area contributed by atoms with Gasteiger partial charge in [0.25, 0.3) is 0 Å². The number of nitrogens with zero attached hydrogens (tertiary/aromatic N) is 2. The Morgan fingerprint density at radius 3 is 2.63 bits per heavy atom. The first kappa shape index (κ1) is 20.5. The topological polar surface area (TPSA) is 52.7 Å². The van der Waals surface area contributed by atoms with E-state index in [9.17, 15) is 9.59 Å². The molecule has 0 spiro atoms. The van der Waals surface area contributed by atoms with Crippen LogP contribution >= 0.6 is 0 Å². The van der Waals surface area contributed by atoms with Gasteiger partial charge in [0.05, 0.1) is 5.92 Å². The fourth-order valence-electron chi connectivity index (χ4n) is 4.78. The number of carbonyl (C=O) groups is 2. The van der Waals surface area contributed by atoms with Crippen LogP contribution in [0.4, 0.5) is 16.2 Å². The first-order valence-corrected chi connectivity index (χ1v) is 10.8. The molecule has 2 aliphatic rings. The first-order chi connectivity index (χ1) is 14.3. The molecule has 30 heavy (non-hydrogen) atoms. The van der Waals surface area contributed by atoms with E-state index >= 15 is 0 Å². The van der Waals surface area contributed by atoms with Crippen molar-refractivity contribution >= 4 is 23.3 Å². The van der Waals surface area contributed by atoms with Gasteiger partial charge in [-0.1, -0.05) is 44.2 Å². The van der Waals surface area contributed by atoms with Crippen molar-refractivity contribution in [2.24, 2.45) is 5.92 Å². The van der Waals surface area contributed by atoms with Crippen LogP contribution in [0.3, 0.4) is 0 Å². The first-order valence-electron chi connectivity index (χ1n) is 10.8. The predicted molar refractivity (Wildman–Crippen MR) is 121 cm³/mol. The number of benzene rings is 2. The molecule has 0 saturated carbocycles. The maximum atomic E-state index is 13.6. The molecular weight excluding hydrogens is 374 g/mol. The summed E-state index contributed by atoms with van der Waals surface area (Å²) in [6.07, 6.45) is 1.66. The number of fused-ring (bicyclic) bond motifs is 1. The van der Waals surface area contributed by atoms with Crippen molar-refractivity contribution in [1.82, 2.24) is 4.90 Å². The number of hydrogen-bond donors (Lipinski definition) is 1. The number of carbonyl (C=O) groups excluding carboxylic acids is 2. The average Bonchev–Trinajstić information content (AvgIpc) is 2.94. The Labute approximate surface area is 179 Å². The summed E-state index contributed by atoms with van der Waals surface area (Å²) in [6, 6.07) is 15.9. The summed E-state index contributed by atoms with van der Waals surface area (Å²) >= 11 is 0. The SMILES string of the molecule is Cc1cccc(NC(=O)N2CCCC(C(=O)N3c4ccccc4C(C)(C)C3C)C2)c1. The summed E-state index contributed by atoms with van der Waals surface area (Å²) in [5.41, 5.74) is 4.03. The summed E-state index contributed by atoms with van der Waals surface area (Å²) in [5.74, 6) is -0.0417. The van der Waals surface area contributed by atoms with Crippen LogP contribution in [0.5, 0.6) is 0 Å². The zero-order chi connectivity index (χ0) is 21.5. The van der Waals surface area contributed by atoms with Crippen molar-refractivity contribution in [2.75, 3.05) is 23.3 Å². The molecule has 158 valence electrons. The molecule has 2 aromatic carbocycles. The molecular formula is C25H31N3O2. The molecule has 4 rings (SSSR count). The lowest BCUT2D eigenvalue weighted by molar-refractivity contribution is -0.124. The number of likely N-dealkylation sites (tertiary alicyclic amines) is 1. The van der Waals surface area contributed by atoms with Crippen LogP contribution in [0.2, 0.25) is 0 Å². The number of nitrogens with one attached hydrogen (secondary N) is 1. The van der Waals surface area contributed by atoms with Crippen LogP contribution in [0.25, 0.3) is 0 Å². The number of para-hydroxylation sites is 1. The number of amides is 3. The second kappa shape index (κ2) is 7.78.